The Hall–Kier alpha value is -4.14. The van der Waals surface area contributed by atoms with E-state index in [4.69, 9.17) is 24.2 Å². The maximum Gasteiger partial charge on any atom is 0.327 e. The first-order valence-electron chi connectivity index (χ1n) is 14.8. The highest BCUT2D eigenvalue weighted by Crippen LogP contribution is 2.55. The van der Waals surface area contributed by atoms with E-state index in [0.717, 1.165) is 11.1 Å². The van der Waals surface area contributed by atoms with Crippen LogP contribution in [0.2, 0.25) is 0 Å². The summed E-state index contributed by atoms with van der Waals surface area (Å²) in [5, 5.41) is 16.1. The third-order valence-electron chi connectivity index (χ3n) is 8.68. The lowest BCUT2D eigenvalue weighted by molar-refractivity contribution is -0.201. The van der Waals surface area contributed by atoms with Gasteiger partial charge in [0.25, 0.3) is 5.91 Å². The third-order valence-corrected chi connectivity index (χ3v) is 8.68. The molecule has 1 aliphatic carbocycles. The van der Waals surface area contributed by atoms with E-state index in [2.05, 4.69) is 10.6 Å². The molecule has 3 heterocycles. The minimum absolute atomic E-state index is 0.00318. The summed E-state index contributed by atoms with van der Waals surface area (Å²) in [5.41, 5.74) is 1.35. The van der Waals surface area contributed by atoms with Crippen LogP contribution >= 0.6 is 0 Å². The summed E-state index contributed by atoms with van der Waals surface area (Å²) in [7, 11) is 3.35. The van der Waals surface area contributed by atoms with Crippen LogP contribution in [0.1, 0.15) is 33.5 Å². The monoisotopic (exact) mass is 620 g/mol. The zero-order valence-electron chi connectivity index (χ0n) is 25.0. The van der Waals surface area contributed by atoms with E-state index in [1.165, 1.54) is 16.0 Å². The number of rotatable bonds is 10. The summed E-state index contributed by atoms with van der Waals surface area (Å²) in [6.07, 6.45) is 0.720. The van der Waals surface area contributed by atoms with E-state index >= 15 is 0 Å². The quantitative estimate of drug-likeness (QED) is 0.251. The molecule has 0 spiro atoms. The largest absolute Gasteiger partial charge is 0.458 e. The molecule has 2 aromatic carbocycles. The Morgan fingerprint density at radius 3 is 2.64 bits per heavy atom. The summed E-state index contributed by atoms with van der Waals surface area (Å²) >= 11 is 0. The fourth-order valence-corrected chi connectivity index (χ4v) is 6.57. The van der Waals surface area contributed by atoms with Crippen LogP contribution in [0.4, 0.5) is 0 Å². The van der Waals surface area contributed by atoms with Crippen molar-refractivity contribution >= 4 is 29.8 Å². The average Bonchev–Trinajstić information content (AvgIpc) is 3.66. The summed E-state index contributed by atoms with van der Waals surface area (Å²) in [4.78, 5) is 60.2. The van der Waals surface area contributed by atoms with Crippen molar-refractivity contribution in [2.45, 2.75) is 50.0 Å². The van der Waals surface area contributed by atoms with Gasteiger partial charge in [-0.05, 0) is 34.9 Å². The van der Waals surface area contributed by atoms with Crippen LogP contribution in [0.25, 0.3) is 6.08 Å². The van der Waals surface area contributed by atoms with Crippen LogP contribution < -0.4 is 10.6 Å². The SMILES string of the molecule is CN(C)C(=O)C=Cc1cccc(CN2O[C@@H]3[C@H]4OCO[C@H]4[C@H]4C[C@]3(C(=O)NCc3cccc(C(=O)NCCO)c3)[C@@H]2C(=O)O4)c1. The number of hydroxylamine groups is 2. The third kappa shape index (κ3) is 5.85. The van der Waals surface area contributed by atoms with Crippen LogP contribution in [0, 0.1) is 5.41 Å². The number of esters is 1. The number of nitrogens with one attached hydrogen (secondary N) is 2. The van der Waals surface area contributed by atoms with Crippen LogP contribution in [0.15, 0.2) is 54.6 Å². The van der Waals surface area contributed by atoms with E-state index in [0.29, 0.717) is 11.1 Å². The number of hydrogen-bond donors (Lipinski definition) is 3. The lowest BCUT2D eigenvalue weighted by Crippen LogP contribution is -2.69. The van der Waals surface area contributed by atoms with Crippen molar-refractivity contribution in [1.29, 1.82) is 0 Å². The summed E-state index contributed by atoms with van der Waals surface area (Å²) in [6, 6.07) is 13.2. The summed E-state index contributed by atoms with van der Waals surface area (Å²) in [6.45, 7) is 0.223. The molecule has 3 saturated heterocycles. The maximum atomic E-state index is 14.2. The number of aliphatic hydroxyl groups excluding tert-OH is 1. The highest BCUT2D eigenvalue weighted by atomic mass is 16.8. The number of carbonyl (C=O) groups excluding carboxylic acids is 4. The molecule has 0 aromatic heterocycles. The fourth-order valence-electron chi connectivity index (χ4n) is 6.57. The van der Waals surface area contributed by atoms with Gasteiger partial charge in [-0.25, -0.2) is 0 Å². The molecule has 4 aliphatic rings. The minimum Gasteiger partial charge on any atom is -0.458 e. The smallest absolute Gasteiger partial charge is 0.327 e. The van der Waals surface area contributed by atoms with Gasteiger partial charge in [-0.1, -0.05) is 36.4 Å². The highest BCUT2D eigenvalue weighted by molar-refractivity contribution is 5.95. The van der Waals surface area contributed by atoms with Gasteiger partial charge >= 0.3 is 5.97 Å². The van der Waals surface area contributed by atoms with E-state index < -0.39 is 41.8 Å². The Bertz CT molecular complexity index is 1510. The molecule has 238 valence electrons. The lowest BCUT2D eigenvalue weighted by Gasteiger charge is -2.48. The van der Waals surface area contributed by atoms with Crippen molar-refractivity contribution in [3.05, 3.63) is 76.9 Å². The first kappa shape index (κ1) is 30.9. The van der Waals surface area contributed by atoms with E-state index in [9.17, 15) is 19.2 Å². The van der Waals surface area contributed by atoms with Crippen LogP contribution in [0.3, 0.4) is 0 Å². The van der Waals surface area contributed by atoms with Crippen molar-refractivity contribution in [3.8, 4) is 0 Å². The van der Waals surface area contributed by atoms with Crippen molar-refractivity contribution in [2.75, 3.05) is 34.0 Å². The number of ether oxygens (including phenoxy) is 3. The summed E-state index contributed by atoms with van der Waals surface area (Å²) in [5.74, 6) is -1.45. The van der Waals surface area contributed by atoms with Crippen LogP contribution in [0.5, 0.6) is 0 Å². The molecule has 6 atom stereocenters. The van der Waals surface area contributed by atoms with Gasteiger partial charge in [0.1, 0.15) is 36.6 Å². The van der Waals surface area contributed by atoms with Crippen molar-refractivity contribution < 1.29 is 43.3 Å². The molecule has 3 aliphatic heterocycles. The van der Waals surface area contributed by atoms with Gasteiger partial charge in [-0.3, -0.25) is 24.0 Å². The van der Waals surface area contributed by atoms with Gasteiger partial charge in [0, 0.05) is 45.2 Å². The second-order valence-corrected chi connectivity index (χ2v) is 11.8. The second kappa shape index (κ2) is 12.7. The van der Waals surface area contributed by atoms with E-state index in [-0.39, 0.29) is 57.2 Å². The molecule has 13 nitrogen and oxygen atoms in total. The molecule has 4 fully saturated rings. The molecule has 1 saturated carbocycles. The molecule has 13 heteroatoms. The number of carbonyl (C=O) groups is 4. The first-order valence-corrected chi connectivity index (χ1v) is 14.8. The van der Waals surface area contributed by atoms with Gasteiger partial charge < -0.3 is 34.9 Å². The van der Waals surface area contributed by atoms with Gasteiger partial charge in [0.05, 0.1) is 13.2 Å². The molecule has 2 aromatic rings. The van der Waals surface area contributed by atoms with Gasteiger partial charge in [0.2, 0.25) is 11.8 Å². The van der Waals surface area contributed by atoms with Gasteiger partial charge in [-0.2, -0.15) is 5.06 Å². The molecule has 0 unspecified atom stereocenters. The zero-order chi connectivity index (χ0) is 31.7. The number of likely N-dealkylation sites (N-methyl/N-ethyl adjacent to an activating group) is 1. The lowest BCUT2D eigenvalue weighted by atomic mass is 9.62. The molecular formula is C32H36N4O9. The van der Waals surface area contributed by atoms with Crippen molar-refractivity contribution in [1.82, 2.24) is 20.6 Å². The number of aliphatic hydroxyl groups is 1. The first-order chi connectivity index (χ1) is 21.7. The Morgan fingerprint density at radius 1 is 1.07 bits per heavy atom. The normalized spacial score (nSPS) is 28.4. The molecule has 6 rings (SSSR count). The predicted molar refractivity (Wildman–Crippen MR) is 158 cm³/mol. The summed E-state index contributed by atoms with van der Waals surface area (Å²) < 4.78 is 17.5. The standard InChI is InChI=1S/C32H36N4O9/c1-35(2)24(38)10-9-19-5-3-7-21(13-19)17-36-27-30(40)44-23-15-32(27,28(45-36)26-25(23)42-18-43-26)31(41)34-16-20-6-4-8-22(14-20)29(39)33-11-12-37/h3-10,13-14,23,25-28,37H,11-12,15-18H2,1-2H3,(H,33,39)(H,34,41)/t23-,25+,26+,27+,28-,32+/m1/s1. The van der Waals surface area contributed by atoms with Crippen LogP contribution in [-0.4, -0.2) is 103 Å². The van der Waals surface area contributed by atoms with Crippen molar-refractivity contribution in [3.63, 3.8) is 0 Å². The molecule has 3 amide bonds. The molecule has 3 N–H and O–H groups in total. The Balaban J connectivity index is 1.25. The zero-order valence-corrected chi connectivity index (χ0v) is 25.0. The topological polar surface area (TPSA) is 156 Å². The van der Waals surface area contributed by atoms with E-state index in [1.807, 2.05) is 24.3 Å². The Labute approximate surface area is 260 Å². The second-order valence-electron chi connectivity index (χ2n) is 11.8. The van der Waals surface area contributed by atoms with E-state index in [1.54, 1.807) is 44.4 Å². The van der Waals surface area contributed by atoms with Gasteiger partial charge in [0.15, 0.2) is 6.04 Å². The average molecular weight is 621 g/mol. The number of nitrogens with zero attached hydrogens (tertiary/aromatic N) is 2. The number of hydrogen-bond acceptors (Lipinski definition) is 10. The van der Waals surface area contributed by atoms with Gasteiger partial charge in [-0.15, -0.1) is 0 Å². The number of fused-ring (bicyclic) bond motifs is 4. The Morgan fingerprint density at radius 2 is 1.84 bits per heavy atom. The number of amides is 3. The molecule has 45 heavy (non-hydrogen) atoms. The predicted octanol–water partition coefficient (Wildman–Crippen LogP) is 0.368. The molecule has 0 radical (unpaired) electrons. The molecular weight excluding hydrogens is 584 g/mol. The minimum atomic E-state index is -1.32. The van der Waals surface area contributed by atoms with Crippen molar-refractivity contribution in [2.24, 2.45) is 5.41 Å². The maximum absolute atomic E-state index is 14.2. The Kier molecular flexibility index (Phi) is 8.71. The number of benzene rings is 2. The fraction of sp³-hybridized carbons (Fsp3) is 0.438. The van der Waals surface area contributed by atoms with Crippen LogP contribution in [-0.2, 0) is 46.5 Å². The molecule has 2 bridgehead atoms. The highest BCUT2D eigenvalue weighted by Gasteiger charge is 2.74.